The van der Waals surface area contributed by atoms with Crippen molar-refractivity contribution in [1.82, 2.24) is 5.32 Å². The second-order valence-electron chi connectivity index (χ2n) is 5.78. The molecular weight excluding hydrogens is 226 g/mol. The minimum absolute atomic E-state index is 0.0386. The fourth-order valence-corrected chi connectivity index (χ4v) is 2.17. The molecule has 1 rings (SSSR count). The second kappa shape index (κ2) is 5.83. The molecule has 0 aliphatic heterocycles. The van der Waals surface area contributed by atoms with Crippen molar-refractivity contribution in [2.24, 2.45) is 0 Å². The SMILES string of the molecule is Cc1ccc(C(O)C(C)NC(C)(C)CO)c(C)c1. The first-order valence-electron chi connectivity index (χ1n) is 6.40. The molecule has 0 heterocycles. The molecule has 1 aromatic carbocycles. The van der Waals surface area contributed by atoms with Gasteiger partial charge in [0.1, 0.15) is 0 Å². The molecule has 3 nitrogen and oxygen atoms in total. The number of benzene rings is 1. The molecule has 1 aromatic rings. The molecule has 18 heavy (non-hydrogen) atoms. The molecule has 0 spiro atoms. The molecule has 0 saturated heterocycles. The van der Waals surface area contributed by atoms with Crippen LogP contribution in [0.3, 0.4) is 0 Å². The van der Waals surface area contributed by atoms with E-state index in [4.69, 9.17) is 0 Å². The first kappa shape index (κ1) is 15.2. The molecular formula is C15H25NO2. The van der Waals surface area contributed by atoms with Crippen molar-refractivity contribution in [2.45, 2.75) is 52.3 Å². The Morgan fingerprint density at radius 3 is 2.39 bits per heavy atom. The van der Waals surface area contributed by atoms with E-state index >= 15 is 0 Å². The Labute approximate surface area is 110 Å². The molecule has 2 unspecified atom stereocenters. The molecule has 0 aromatic heterocycles. The van der Waals surface area contributed by atoms with Crippen LogP contribution < -0.4 is 5.32 Å². The van der Waals surface area contributed by atoms with Crippen molar-refractivity contribution in [3.05, 3.63) is 34.9 Å². The number of aryl methyl sites for hydroxylation is 2. The molecule has 0 aliphatic rings. The Morgan fingerprint density at radius 2 is 1.89 bits per heavy atom. The van der Waals surface area contributed by atoms with Crippen molar-refractivity contribution < 1.29 is 10.2 Å². The molecule has 0 saturated carbocycles. The van der Waals surface area contributed by atoms with Crippen LogP contribution in [-0.4, -0.2) is 28.4 Å². The normalized spacial score (nSPS) is 15.5. The molecule has 3 N–H and O–H groups in total. The average molecular weight is 251 g/mol. The predicted molar refractivity (Wildman–Crippen MR) is 74.6 cm³/mol. The Bertz CT molecular complexity index is 401. The van der Waals surface area contributed by atoms with Crippen LogP contribution in [-0.2, 0) is 0 Å². The molecule has 102 valence electrons. The van der Waals surface area contributed by atoms with Gasteiger partial charge >= 0.3 is 0 Å². The molecule has 2 atom stereocenters. The van der Waals surface area contributed by atoms with Crippen LogP contribution in [0.4, 0.5) is 0 Å². The summed E-state index contributed by atoms with van der Waals surface area (Å²) in [6.07, 6.45) is -0.573. The van der Waals surface area contributed by atoms with Crippen LogP contribution in [0.25, 0.3) is 0 Å². The number of hydrogen-bond acceptors (Lipinski definition) is 3. The largest absolute Gasteiger partial charge is 0.394 e. The highest BCUT2D eigenvalue weighted by atomic mass is 16.3. The summed E-state index contributed by atoms with van der Waals surface area (Å²) in [6, 6.07) is 5.94. The van der Waals surface area contributed by atoms with Gasteiger partial charge < -0.3 is 15.5 Å². The minimum atomic E-state index is -0.573. The Hall–Kier alpha value is -0.900. The van der Waals surface area contributed by atoms with Crippen LogP contribution >= 0.6 is 0 Å². The highest BCUT2D eigenvalue weighted by molar-refractivity contribution is 5.32. The number of aliphatic hydroxyl groups excluding tert-OH is 2. The summed E-state index contributed by atoms with van der Waals surface area (Å²) < 4.78 is 0. The Kier molecular flexibility index (Phi) is 4.91. The zero-order chi connectivity index (χ0) is 13.9. The summed E-state index contributed by atoms with van der Waals surface area (Å²) in [5, 5.41) is 22.9. The standard InChI is InChI=1S/C15H25NO2/c1-10-6-7-13(11(2)8-10)14(18)12(3)16-15(4,5)9-17/h6-8,12,14,16-18H,9H2,1-5H3. The lowest BCUT2D eigenvalue weighted by Crippen LogP contribution is -2.49. The molecule has 0 amide bonds. The van der Waals surface area contributed by atoms with Gasteiger partial charge in [-0.3, -0.25) is 0 Å². The lowest BCUT2D eigenvalue weighted by atomic mass is 9.95. The maximum absolute atomic E-state index is 10.4. The molecule has 0 radical (unpaired) electrons. The molecule has 0 aliphatic carbocycles. The third kappa shape index (κ3) is 3.80. The summed E-state index contributed by atoms with van der Waals surface area (Å²) in [4.78, 5) is 0. The number of rotatable bonds is 5. The quantitative estimate of drug-likeness (QED) is 0.751. The van der Waals surface area contributed by atoms with Gasteiger partial charge in [-0.25, -0.2) is 0 Å². The van der Waals surface area contributed by atoms with Gasteiger partial charge in [0.25, 0.3) is 0 Å². The minimum Gasteiger partial charge on any atom is -0.394 e. The number of aliphatic hydroxyl groups is 2. The predicted octanol–water partition coefficient (Wildman–Crippen LogP) is 2.09. The van der Waals surface area contributed by atoms with Gasteiger partial charge in [0, 0.05) is 11.6 Å². The molecule has 0 bridgehead atoms. The first-order chi connectivity index (χ1) is 8.26. The van der Waals surface area contributed by atoms with E-state index in [0.717, 1.165) is 11.1 Å². The second-order valence-corrected chi connectivity index (χ2v) is 5.78. The topological polar surface area (TPSA) is 52.5 Å². The zero-order valence-electron chi connectivity index (χ0n) is 12.0. The van der Waals surface area contributed by atoms with Crippen molar-refractivity contribution in [3.8, 4) is 0 Å². The van der Waals surface area contributed by atoms with E-state index in [9.17, 15) is 10.2 Å². The van der Waals surface area contributed by atoms with E-state index in [-0.39, 0.29) is 18.2 Å². The van der Waals surface area contributed by atoms with Crippen LogP contribution in [0.2, 0.25) is 0 Å². The lowest BCUT2D eigenvalue weighted by molar-refractivity contribution is 0.0987. The third-order valence-electron chi connectivity index (χ3n) is 3.23. The van der Waals surface area contributed by atoms with Crippen LogP contribution in [0.1, 0.15) is 43.6 Å². The maximum atomic E-state index is 10.4. The van der Waals surface area contributed by atoms with Crippen LogP contribution in [0.15, 0.2) is 18.2 Å². The summed E-state index contributed by atoms with van der Waals surface area (Å²) >= 11 is 0. The van der Waals surface area contributed by atoms with Crippen molar-refractivity contribution in [3.63, 3.8) is 0 Å². The Balaban J connectivity index is 2.83. The van der Waals surface area contributed by atoms with E-state index in [1.807, 2.05) is 46.8 Å². The van der Waals surface area contributed by atoms with Gasteiger partial charge in [-0.1, -0.05) is 23.8 Å². The lowest BCUT2D eigenvalue weighted by Gasteiger charge is -2.31. The van der Waals surface area contributed by atoms with E-state index in [0.29, 0.717) is 0 Å². The van der Waals surface area contributed by atoms with E-state index < -0.39 is 6.10 Å². The number of nitrogens with one attached hydrogen (secondary N) is 1. The van der Waals surface area contributed by atoms with Gasteiger partial charge in [0.05, 0.1) is 12.7 Å². The third-order valence-corrected chi connectivity index (χ3v) is 3.23. The summed E-state index contributed by atoms with van der Waals surface area (Å²) in [5.74, 6) is 0. The number of hydrogen-bond donors (Lipinski definition) is 3. The average Bonchev–Trinajstić information content (AvgIpc) is 2.27. The fourth-order valence-electron chi connectivity index (χ4n) is 2.17. The smallest absolute Gasteiger partial charge is 0.0942 e. The van der Waals surface area contributed by atoms with Crippen molar-refractivity contribution in [2.75, 3.05) is 6.61 Å². The van der Waals surface area contributed by atoms with Gasteiger partial charge in [-0.2, -0.15) is 0 Å². The van der Waals surface area contributed by atoms with Crippen molar-refractivity contribution >= 4 is 0 Å². The molecule has 3 heteroatoms. The van der Waals surface area contributed by atoms with E-state index in [1.54, 1.807) is 0 Å². The Morgan fingerprint density at radius 1 is 1.28 bits per heavy atom. The summed E-state index contributed by atoms with van der Waals surface area (Å²) in [5.41, 5.74) is 2.84. The van der Waals surface area contributed by atoms with E-state index in [2.05, 4.69) is 11.4 Å². The monoisotopic (exact) mass is 251 g/mol. The van der Waals surface area contributed by atoms with E-state index in [1.165, 1.54) is 5.56 Å². The van der Waals surface area contributed by atoms with Gasteiger partial charge in [-0.15, -0.1) is 0 Å². The van der Waals surface area contributed by atoms with Gasteiger partial charge in [-0.05, 0) is 45.7 Å². The fraction of sp³-hybridized carbons (Fsp3) is 0.600. The van der Waals surface area contributed by atoms with Crippen LogP contribution in [0.5, 0.6) is 0 Å². The van der Waals surface area contributed by atoms with Gasteiger partial charge in [0.15, 0.2) is 0 Å². The highest BCUT2D eigenvalue weighted by Gasteiger charge is 2.24. The van der Waals surface area contributed by atoms with Gasteiger partial charge in [0.2, 0.25) is 0 Å². The molecule has 0 fully saturated rings. The van der Waals surface area contributed by atoms with Crippen molar-refractivity contribution in [1.29, 1.82) is 0 Å². The first-order valence-corrected chi connectivity index (χ1v) is 6.40. The zero-order valence-corrected chi connectivity index (χ0v) is 12.0. The summed E-state index contributed by atoms with van der Waals surface area (Å²) in [6.45, 7) is 9.85. The summed E-state index contributed by atoms with van der Waals surface area (Å²) in [7, 11) is 0. The van der Waals surface area contributed by atoms with Crippen LogP contribution in [0, 0.1) is 13.8 Å². The maximum Gasteiger partial charge on any atom is 0.0942 e. The highest BCUT2D eigenvalue weighted by Crippen LogP contribution is 2.22.